The summed E-state index contributed by atoms with van der Waals surface area (Å²) >= 11 is 3.33. The molecular weight excluding hydrogens is 344 g/mol. The summed E-state index contributed by atoms with van der Waals surface area (Å²) in [7, 11) is 0. The van der Waals surface area contributed by atoms with E-state index in [0.717, 1.165) is 10.9 Å². The van der Waals surface area contributed by atoms with Crippen LogP contribution >= 0.6 is 15.9 Å². The second-order valence-corrected chi connectivity index (χ2v) is 5.76. The molecule has 0 atom stereocenters. The fourth-order valence-corrected chi connectivity index (χ4v) is 2.19. The maximum absolute atomic E-state index is 12.1. The van der Waals surface area contributed by atoms with Gasteiger partial charge in [0.15, 0.2) is 0 Å². The maximum Gasteiger partial charge on any atom is 0.255 e. The van der Waals surface area contributed by atoms with Crippen molar-refractivity contribution in [2.45, 2.75) is 19.8 Å². The van der Waals surface area contributed by atoms with Crippen LogP contribution in [0.25, 0.3) is 0 Å². The molecule has 0 spiro atoms. The van der Waals surface area contributed by atoms with Gasteiger partial charge in [-0.1, -0.05) is 28.9 Å². The Bertz CT molecular complexity index is 669. The van der Waals surface area contributed by atoms with E-state index in [1.807, 2.05) is 19.1 Å². The fraction of sp³-hybridized carbons (Fsp3) is 0.176. The maximum atomic E-state index is 12.1. The summed E-state index contributed by atoms with van der Waals surface area (Å²) in [6.07, 6.45) is 1.28. The summed E-state index contributed by atoms with van der Waals surface area (Å²) in [5.41, 5.74) is 1.89. The molecule has 0 radical (unpaired) electrons. The number of carbonyl (C=O) groups excluding carboxylic acids is 2. The van der Waals surface area contributed by atoms with Crippen molar-refractivity contribution in [1.29, 1.82) is 0 Å². The molecule has 0 aromatic heterocycles. The molecule has 0 aliphatic heterocycles. The van der Waals surface area contributed by atoms with Crippen molar-refractivity contribution >= 4 is 39.1 Å². The van der Waals surface area contributed by atoms with Crippen LogP contribution in [0.2, 0.25) is 0 Å². The van der Waals surface area contributed by atoms with E-state index in [-0.39, 0.29) is 11.8 Å². The number of anilines is 2. The minimum Gasteiger partial charge on any atom is -0.326 e. The summed E-state index contributed by atoms with van der Waals surface area (Å²) in [6, 6.07) is 14.2. The molecule has 2 rings (SSSR count). The summed E-state index contributed by atoms with van der Waals surface area (Å²) in [5, 5.41) is 5.63. The van der Waals surface area contributed by atoms with Crippen LogP contribution in [-0.2, 0) is 4.79 Å². The van der Waals surface area contributed by atoms with Gasteiger partial charge in [0.05, 0.1) is 0 Å². The van der Waals surface area contributed by atoms with Crippen LogP contribution in [0, 0.1) is 0 Å². The molecule has 0 saturated carbocycles. The van der Waals surface area contributed by atoms with E-state index >= 15 is 0 Å². The quantitative estimate of drug-likeness (QED) is 0.827. The zero-order valence-corrected chi connectivity index (χ0v) is 13.8. The zero-order valence-electron chi connectivity index (χ0n) is 12.2. The third-order valence-corrected chi connectivity index (χ3v) is 3.52. The molecular formula is C17H17BrN2O2. The van der Waals surface area contributed by atoms with Crippen LogP contribution in [0.5, 0.6) is 0 Å². The van der Waals surface area contributed by atoms with Gasteiger partial charge in [-0.3, -0.25) is 9.59 Å². The molecule has 4 nitrogen and oxygen atoms in total. The van der Waals surface area contributed by atoms with Crippen molar-refractivity contribution in [3.63, 3.8) is 0 Å². The van der Waals surface area contributed by atoms with E-state index in [9.17, 15) is 9.59 Å². The molecule has 5 heteroatoms. The summed E-state index contributed by atoms with van der Waals surface area (Å²) in [4.78, 5) is 23.7. The highest BCUT2D eigenvalue weighted by molar-refractivity contribution is 9.10. The average Bonchev–Trinajstić information content (AvgIpc) is 2.48. The Balaban J connectivity index is 2.05. The molecule has 2 N–H and O–H groups in total. The van der Waals surface area contributed by atoms with E-state index in [4.69, 9.17) is 0 Å². The number of rotatable bonds is 5. The minimum absolute atomic E-state index is 0.0288. The fourth-order valence-electron chi connectivity index (χ4n) is 1.93. The third-order valence-electron chi connectivity index (χ3n) is 2.99. The Morgan fingerprint density at radius 1 is 1.00 bits per heavy atom. The van der Waals surface area contributed by atoms with Gasteiger partial charge in [0.25, 0.3) is 5.91 Å². The van der Waals surface area contributed by atoms with Gasteiger partial charge in [0.1, 0.15) is 0 Å². The topological polar surface area (TPSA) is 58.2 Å². The predicted molar refractivity (Wildman–Crippen MR) is 92.1 cm³/mol. The first-order valence-corrected chi connectivity index (χ1v) is 7.84. The van der Waals surface area contributed by atoms with E-state index in [0.29, 0.717) is 23.4 Å². The molecule has 22 heavy (non-hydrogen) atoms. The lowest BCUT2D eigenvalue weighted by Gasteiger charge is -2.09. The second-order valence-electron chi connectivity index (χ2n) is 4.84. The number of hydrogen-bond donors (Lipinski definition) is 2. The van der Waals surface area contributed by atoms with Crippen molar-refractivity contribution in [1.82, 2.24) is 0 Å². The standard InChI is InChI=1S/C17H17BrN2O2/c1-2-4-16(21)19-14-5-3-6-15(11-14)20-17(22)12-7-9-13(18)10-8-12/h3,5-11H,2,4H2,1H3,(H,19,21)(H,20,22). The van der Waals surface area contributed by atoms with E-state index in [1.54, 1.807) is 36.4 Å². The molecule has 2 amide bonds. The molecule has 0 heterocycles. The van der Waals surface area contributed by atoms with E-state index in [2.05, 4.69) is 26.6 Å². The highest BCUT2D eigenvalue weighted by Gasteiger charge is 2.07. The van der Waals surface area contributed by atoms with Crippen LogP contribution in [0.1, 0.15) is 30.1 Å². The molecule has 0 saturated heterocycles. The summed E-state index contributed by atoms with van der Waals surface area (Å²) in [6.45, 7) is 1.95. The molecule has 114 valence electrons. The molecule has 0 aliphatic rings. The lowest BCUT2D eigenvalue weighted by atomic mass is 10.2. The minimum atomic E-state index is -0.190. The molecule has 0 bridgehead atoms. The van der Waals surface area contributed by atoms with Crippen molar-refractivity contribution in [3.8, 4) is 0 Å². The van der Waals surface area contributed by atoms with Gasteiger partial charge in [-0.15, -0.1) is 0 Å². The van der Waals surface area contributed by atoms with Crippen LogP contribution in [-0.4, -0.2) is 11.8 Å². The Morgan fingerprint density at radius 2 is 1.64 bits per heavy atom. The highest BCUT2D eigenvalue weighted by atomic mass is 79.9. The van der Waals surface area contributed by atoms with Gasteiger partial charge in [-0.2, -0.15) is 0 Å². The van der Waals surface area contributed by atoms with Gasteiger partial charge in [0, 0.05) is 27.8 Å². The normalized spacial score (nSPS) is 10.1. The van der Waals surface area contributed by atoms with Gasteiger partial charge < -0.3 is 10.6 Å². The largest absolute Gasteiger partial charge is 0.326 e. The second kappa shape index (κ2) is 7.75. The molecule has 2 aromatic rings. The van der Waals surface area contributed by atoms with Crippen molar-refractivity contribution in [3.05, 3.63) is 58.6 Å². The van der Waals surface area contributed by atoms with Gasteiger partial charge in [0.2, 0.25) is 5.91 Å². The molecule has 0 fully saturated rings. The SMILES string of the molecule is CCCC(=O)Nc1cccc(NC(=O)c2ccc(Br)cc2)c1. The summed E-state index contributed by atoms with van der Waals surface area (Å²) < 4.78 is 0.921. The number of hydrogen-bond acceptors (Lipinski definition) is 2. The van der Waals surface area contributed by atoms with Crippen molar-refractivity contribution in [2.24, 2.45) is 0 Å². The molecule has 2 aromatic carbocycles. The first-order valence-electron chi connectivity index (χ1n) is 7.05. The molecule has 0 aliphatic carbocycles. The molecule has 0 unspecified atom stereocenters. The van der Waals surface area contributed by atoms with Gasteiger partial charge in [-0.25, -0.2) is 0 Å². The first kappa shape index (κ1) is 16.2. The number of halogens is 1. The number of nitrogens with one attached hydrogen (secondary N) is 2. The Labute approximate surface area is 138 Å². The van der Waals surface area contributed by atoms with Crippen LogP contribution in [0.4, 0.5) is 11.4 Å². The smallest absolute Gasteiger partial charge is 0.255 e. The number of amides is 2. The Kier molecular flexibility index (Phi) is 5.72. The highest BCUT2D eigenvalue weighted by Crippen LogP contribution is 2.17. The Morgan fingerprint density at radius 3 is 2.27 bits per heavy atom. The lowest BCUT2D eigenvalue weighted by Crippen LogP contribution is -2.13. The van der Waals surface area contributed by atoms with E-state index in [1.165, 1.54) is 0 Å². The van der Waals surface area contributed by atoms with Crippen LogP contribution in [0.3, 0.4) is 0 Å². The zero-order chi connectivity index (χ0) is 15.9. The third kappa shape index (κ3) is 4.70. The van der Waals surface area contributed by atoms with E-state index < -0.39 is 0 Å². The van der Waals surface area contributed by atoms with Crippen molar-refractivity contribution in [2.75, 3.05) is 10.6 Å². The average molecular weight is 361 g/mol. The van der Waals surface area contributed by atoms with Crippen molar-refractivity contribution < 1.29 is 9.59 Å². The predicted octanol–water partition coefficient (Wildman–Crippen LogP) is 4.44. The summed E-state index contributed by atoms with van der Waals surface area (Å²) in [5.74, 6) is -0.219. The Hall–Kier alpha value is -2.14. The lowest BCUT2D eigenvalue weighted by molar-refractivity contribution is -0.116. The first-order chi connectivity index (χ1) is 10.6. The van der Waals surface area contributed by atoms with Gasteiger partial charge in [-0.05, 0) is 48.9 Å². The number of benzene rings is 2. The van der Waals surface area contributed by atoms with Crippen LogP contribution in [0.15, 0.2) is 53.0 Å². The monoisotopic (exact) mass is 360 g/mol. The van der Waals surface area contributed by atoms with Gasteiger partial charge >= 0.3 is 0 Å². The van der Waals surface area contributed by atoms with Crippen LogP contribution < -0.4 is 10.6 Å². The number of carbonyl (C=O) groups is 2.